The molecule has 3 aromatic rings. The van der Waals surface area contributed by atoms with Crippen molar-refractivity contribution in [3.8, 4) is 0 Å². The van der Waals surface area contributed by atoms with Crippen LogP contribution in [0.1, 0.15) is 28.8 Å². The number of nitrogens with one attached hydrogen (secondary N) is 1. The van der Waals surface area contributed by atoms with E-state index < -0.39 is 0 Å². The zero-order valence-electron chi connectivity index (χ0n) is 13.6. The molecular weight excluding hydrogens is 298 g/mol. The number of carbonyl (C=O) groups excluding carboxylic acids is 1. The number of benzene rings is 1. The summed E-state index contributed by atoms with van der Waals surface area (Å²) in [6, 6.07) is 12.0. The normalized spacial score (nSPS) is 15.8. The summed E-state index contributed by atoms with van der Waals surface area (Å²) in [6.45, 7) is 1.68. The Hall–Kier alpha value is -2.62. The Morgan fingerprint density at radius 3 is 2.67 bits per heavy atom. The van der Waals surface area contributed by atoms with Gasteiger partial charge in [0.2, 0.25) is 0 Å². The molecule has 1 saturated heterocycles. The molecule has 0 saturated carbocycles. The topological polar surface area (TPSA) is 49.0 Å². The van der Waals surface area contributed by atoms with Gasteiger partial charge in [-0.25, -0.2) is 0 Å². The first-order valence-corrected chi connectivity index (χ1v) is 8.55. The Kier molecular flexibility index (Phi) is 4.03. The van der Waals surface area contributed by atoms with Crippen LogP contribution in [0, 0.1) is 5.92 Å². The van der Waals surface area contributed by atoms with Crippen LogP contribution in [0.25, 0.3) is 10.9 Å². The monoisotopic (exact) mass is 319 g/mol. The lowest BCUT2D eigenvalue weighted by Crippen LogP contribution is -2.38. The predicted octanol–water partition coefficient (Wildman–Crippen LogP) is 3.66. The van der Waals surface area contributed by atoms with E-state index in [0.717, 1.165) is 37.9 Å². The van der Waals surface area contributed by atoms with E-state index in [0.29, 0.717) is 5.92 Å². The van der Waals surface area contributed by atoms with Crippen LogP contribution in [-0.4, -0.2) is 33.9 Å². The summed E-state index contributed by atoms with van der Waals surface area (Å²) >= 11 is 0. The van der Waals surface area contributed by atoms with Gasteiger partial charge < -0.3 is 9.88 Å². The maximum Gasteiger partial charge on any atom is 0.253 e. The first-order chi connectivity index (χ1) is 11.8. The number of pyridine rings is 1. The van der Waals surface area contributed by atoms with Crippen LogP contribution < -0.4 is 0 Å². The summed E-state index contributed by atoms with van der Waals surface area (Å²) in [5.41, 5.74) is 3.34. The van der Waals surface area contributed by atoms with Crippen molar-refractivity contribution in [3.05, 3.63) is 66.1 Å². The van der Waals surface area contributed by atoms with Gasteiger partial charge in [-0.2, -0.15) is 0 Å². The molecule has 1 aromatic carbocycles. The first-order valence-electron chi connectivity index (χ1n) is 8.55. The van der Waals surface area contributed by atoms with Gasteiger partial charge >= 0.3 is 0 Å². The number of para-hydroxylation sites is 1. The number of likely N-dealkylation sites (tertiary alicyclic amines) is 1. The smallest absolute Gasteiger partial charge is 0.253 e. The van der Waals surface area contributed by atoms with Crippen LogP contribution >= 0.6 is 0 Å². The van der Waals surface area contributed by atoms with Gasteiger partial charge in [0, 0.05) is 48.1 Å². The molecule has 24 heavy (non-hydrogen) atoms. The lowest BCUT2D eigenvalue weighted by Gasteiger charge is -2.32. The van der Waals surface area contributed by atoms with Crippen molar-refractivity contribution < 1.29 is 4.79 Å². The fourth-order valence-electron chi connectivity index (χ4n) is 3.63. The zero-order valence-corrected chi connectivity index (χ0v) is 13.6. The molecule has 1 aliphatic rings. The van der Waals surface area contributed by atoms with Gasteiger partial charge in [-0.1, -0.05) is 18.2 Å². The molecule has 1 fully saturated rings. The summed E-state index contributed by atoms with van der Waals surface area (Å²) < 4.78 is 0. The number of carbonyl (C=O) groups is 1. The van der Waals surface area contributed by atoms with E-state index in [1.807, 2.05) is 4.90 Å². The second-order valence-electron chi connectivity index (χ2n) is 6.54. The molecule has 0 radical (unpaired) electrons. The van der Waals surface area contributed by atoms with Gasteiger partial charge in [0.15, 0.2) is 0 Å². The van der Waals surface area contributed by atoms with Gasteiger partial charge in [0.1, 0.15) is 0 Å². The summed E-state index contributed by atoms with van der Waals surface area (Å²) in [4.78, 5) is 21.8. The lowest BCUT2D eigenvalue weighted by molar-refractivity contribution is 0.0690. The number of nitrogens with zero attached hydrogens (tertiary/aromatic N) is 2. The zero-order chi connectivity index (χ0) is 16.4. The second-order valence-corrected chi connectivity index (χ2v) is 6.54. The SMILES string of the molecule is O=C(c1ccncc1)N1CCC(Cc2c[nH]c3ccccc23)CC1. The molecule has 0 bridgehead atoms. The first kappa shape index (κ1) is 14.9. The van der Waals surface area contributed by atoms with Crippen molar-refractivity contribution in [2.24, 2.45) is 5.92 Å². The maximum absolute atomic E-state index is 12.5. The van der Waals surface area contributed by atoms with Gasteiger partial charge in [-0.15, -0.1) is 0 Å². The van der Waals surface area contributed by atoms with Gasteiger partial charge in [-0.3, -0.25) is 9.78 Å². The Labute approximate surface area is 141 Å². The van der Waals surface area contributed by atoms with E-state index in [1.54, 1.807) is 24.5 Å². The van der Waals surface area contributed by atoms with Gasteiger partial charge in [0.05, 0.1) is 0 Å². The molecule has 0 atom stereocenters. The second kappa shape index (κ2) is 6.48. The third-order valence-electron chi connectivity index (χ3n) is 5.01. The summed E-state index contributed by atoms with van der Waals surface area (Å²) in [5.74, 6) is 0.772. The number of hydrogen-bond acceptors (Lipinski definition) is 2. The molecule has 1 aliphatic heterocycles. The number of rotatable bonds is 3. The average Bonchev–Trinajstić information content (AvgIpc) is 3.06. The molecule has 0 unspecified atom stereocenters. The molecule has 4 rings (SSSR count). The van der Waals surface area contributed by atoms with E-state index in [4.69, 9.17) is 0 Å². The molecule has 0 spiro atoms. The number of H-pyrrole nitrogens is 1. The molecule has 2 aromatic heterocycles. The highest BCUT2D eigenvalue weighted by molar-refractivity contribution is 5.94. The van der Waals surface area contributed by atoms with Crippen LogP contribution in [-0.2, 0) is 6.42 Å². The highest BCUT2D eigenvalue weighted by atomic mass is 16.2. The average molecular weight is 319 g/mol. The minimum absolute atomic E-state index is 0.128. The number of aromatic amines is 1. The molecule has 4 heteroatoms. The Morgan fingerprint density at radius 2 is 1.88 bits per heavy atom. The predicted molar refractivity (Wildman–Crippen MR) is 94.9 cm³/mol. The number of piperidine rings is 1. The summed E-state index contributed by atoms with van der Waals surface area (Å²) in [6.07, 6.45) is 8.71. The fourth-order valence-corrected chi connectivity index (χ4v) is 3.63. The van der Waals surface area contributed by atoms with E-state index in [1.165, 1.54) is 16.5 Å². The number of amides is 1. The molecule has 122 valence electrons. The molecular formula is C20H21N3O. The Bertz CT molecular complexity index is 832. The summed E-state index contributed by atoms with van der Waals surface area (Å²) in [5, 5.41) is 1.33. The highest BCUT2D eigenvalue weighted by Gasteiger charge is 2.24. The lowest BCUT2D eigenvalue weighted by atomic mass is 9.90. The van der Waals surface area contributed by atoms with Crippen molar-refractivity contribution >= 4 is 16.8 Å². The fraction of sp³-hybridized carbons (Fsp3) is 0.300. The van der Waals surface area contributed by atoms with Crippen molar-refractivity contribution in [1.29, 1.82) is 0 Å². The van der Waals surface area contributed by atoms with Crippen molar-refractivity contribution in [3.63, 3.8) is 0 Å². The van der Waals surface area contributed by atoms with Crippen molar-refractivity contribution in [1.82, 2.24) is 14.9 Å². The minimum atomic E-state index is 0.128. The van der Waals surface area contributed by atoms with Crippen LogP contribution in [0.5, 0.6) is 0 Å². The molecule has 0 aliphatic carbocycles. The van der Waals surface area contributed by atoms with Gasteiger partial charge in [0.25, 0.3) is 5.91 Å². The molecule has 1 N–H and O–H groups in total. The number of fused-ring (bicyclic) bond motifs is 1. The molecule has 4 nitrogen and oxygen atoms in total. The van der Waals surface area contributed by atoms with E-state index in [-0.39, 0.29) is 5.91 Å². The van der Waals surface area contributed by atoms with Crippen molar-refractivity contribution in [2.45, 2.75) is 19.3 Å². The Morgan fingerprint density at radius 1 is 1.12 bits per heavy atom. The van der Waals surface area contributed by atoms with Gasteiger partial charge in [-0.05, 0) is 48.9 Å². The van der Waals surface area contributed by atoms with E-state index in [2.05, 4.69) is 40.4 Å². The van der Waals surface area contributed by atoms with E-state index >= 15 is 0 Å². The van der Waals surface area contributed by atoms with Crippen LogP contribution in [0.4, 0.5) is 0 Å². The van der Waals surface area contributed by atoms with Crippen LogP contribution in [0.2, 0.25) is 0 Å². The van der Waals surface area contributed by atoms with E-state index in [9.17, 15) is 4.79 Å². The maximum atomic E-state index is 12.5. The summed E-state index contributed by atoms with van der Waals surface area (Å²) in [7, 11) is 0. The quantitative estimate of drug-likeness (QED) is 0.801. The van der Waals surface area contributed by atoms with Crippen LogP contribution in [0.15, 0.2) is 55.0 Å². The number of aromatic nitrogens is 2. The standard InChI is InChI=1S/C20H21N3O/c24-20(16-5-9-21-10-6-16)23-11-7-15(8-12-23)13-17-14-22-19-4-2-1-3-18(17)19/h1-6,9-10,14-15,22H,7-8,11-13H2. The minimum Gasteiger partial charge on any atom is -0.361 e. The third-order valence-corrected chi connectivity index (χ3v) is 5.01. The largest absolute Gasteiger partial charge is 0.361 e. The Balaban J connectivity index is 1.39. The van der Waals surface area contributed by atoms with Crippen LogP contribution in [0.3, 0.4) is 0 Å². The third kappa shape index (κ3) is 2.92. The molecule has 3 heterocycles. The number of hydrogen-bond donors (Lipinski definition) is 1. The molecule has 1 amide bonds. The highest BCUT2D eigenvalue weighted by Crippen LogP contribution is 2.26. The van der Waals surface area contributed by atoms with Crippen molar-refractivity contribution in [2.75, 3.05) is 13.1 Å².